The maximum atomic E-state index is 12.9. The highest BCUT2D eigenvalue weighted by Crippen LogP contribution is 2.28. The van der Waals surface area contributed by atoms with Crippen molar-refractivity contribution in [2.75, 3.05) is 36.4 Å². The normalized spacial score (nSPS) is 20.3. The number of piperidine rings is 1. The van der Waals surface area contributed by atoms with Crippen LogP contribution in [0.4, 0.5) is 11.4 Å². The quantitative estimate of drug-likeness (QED) is 0.791. The number of nitrogens with one attached hydrogen (secondary N) is 1. The second-order valence-electron chi connectivity index (χ2n) is 8.20. The summed E-state index contributed by atoms with van der Waals surface area (Å²) >= 11 is 0. The van der Waals surface area contributed by atoms with Gasteiger partial charge in [-0.05, 0) is 68.5 Å². The first kappa shape index (κ1) is 20.9. The van der Waals surface area contributed by atoms with Gasteiger partial charge < -0.3 is 10.2 Å². The van der Waals surface area contributed by atoms with Gasteiger partial charge in [-0.1, -0.05) is 18.2 Å². The average molecular weight is 428 g/mol. The predicted octanol–water partition coefficient (Wildman–Crippen LogP) is 3.63. The summed E-state index contributed by atoms with van der Waals surface area (Å²) in [5, 5.41) is 3.03. The van der Waals surface area contributed by atoms with Gasteiger partial charge in [0.15, 0.2) is 0 Å². The zero-order valence-electron chi connectivity index (χ0n) is 17.4. The minimum atomic E-state index is -3.58. The van der Waals surface area contributed by atoms with Crippen LogP contribution < -0.4 is 10.2 Å². The lowest BCUT2D eigenvalue weighted by Gasteiger charge is -2.31. The van der Waals surface area contributed by atoms with Crippen LogP contribution in [0.25, 0.3) is 0 Å². The number of hydrogen-bond acceptors (Lipinski definition) is 4. The second kappa shape index (κ2) is 8.78. The van der Waals surface area contributed by atoms with Crippen molar-refractivity contribution in [3.63, 3.8) is 0 Å². The minimum Gasteiger partial charge on any atom is -0.372 e. The molecule has 0 radical (unpaired) electrons. The van der Waals surface area contributed by atoms with Crippen molar-refractivity contribution in [1.29, 1.82) is 0 Å². The Morgan fingerprint density at radius 2 is 1.73 bits per heavy atom. The van der Waals surface area contributed by atoms with E-state index in [1.807, 2.05) is 13.0 Å². The Labute approximate surface area is 178 Å². The zero-order valence-corrected chi connectivity index (χ0v) is 18.2. The fourth-order valence-electron chi connectivity index (χ4n) is 4.31. The van der Waals surface area contributed by atoms with E-state index in [4.69, 9.17) is 0 Å². The minimum absolute atomic E-state index is 0.111. The first-order valence-corrected chi connectivity index (χ1v) is 12.1. The van der Waals surface area contributed by atoms with Gasteiger partial charge in [0.1, 0.15) is 0 Å². The molecule has 2 aromatic rings. The van der Waals surface area contributed by atoms with Crippen molar-refractivity contribution in [3.8, 4) is 0 Å². The molecule has 1 unspecified atom stereocenters. The number of sulfonamides is 1. The van der Waals surface area contributed by atoms with Crippen molar-refractivity contribution in [3.05, 3.63) is 54.1 Å². The molecule has 7 heteroatoms. The summed E-state index contributed by atoms with van der Waals surface area (Å²) in [4.78, 5) is 15.6. The molecule has 2 fully saturated rings. The third-order valence-corrected chi connectivity index (χ3v) is 7.95. The fourth-order valence-corrected chi connectivity index (χ4v) is 5.86. The molecule has 2 heterocycles. The van der Waals surface area contributed by atoms with E-state index in [-0.39, 0.29) is 23.3 Å². The maximum absolute atomic E-state index is 12.9. The van der Waals surface area contributed by atoms with Gasteiger partial charge in [-0.3, -0.25) is 4.79 Å². The van der Waals surface area contributed by atoms with Gasteiger partial charge in [0, 0.05) is 37.6 Å². The van der Waals surface area contributed by atoms with E-state index in [0.29, 0.717) is 19.4 Å². The first-order valence-electron chi connectivity index (χ1n) is 10.7. The highest BCUT2D eigenvalue weighted by atomic mass is 32.2. The molecule has 1 atom stereocenters. The molecule has 0 bridgehead atoms. The molecule has 0 spiro atoms. The van der Waals surface area contributed by atoms with Crippen molar-refractivity contribution < 1.29 is 13.2 Å². The summed E-state index contributed by atoms with van der Waals surface area (Å²) in [6.45, 7) is 4.83. The lowest BCUT2D eigenvalue weighted by Crippen LogP contribution is -2.43. The molecule has 4 rings (SSSR count). The molecule has 30 heavy (non-hydrogen) atoms. The molecule has 2 aliphatic heterocycles. The fraction of sp³-hybridized carbons (Fsp3) is 0.435. The predicted molar refractivity (Wildman–Crippen MR) is 119 cm³/mol. The summed E-state index contributed by atoms with van der Waals surface area (Å²) in [6, 6.07) is 14.6. The van der Waals surface area contributed by atoms with Gasteiger partial charge in [-0.15, -0.1) is 0 Å². The number of amides is 1. The third-order valence-electron chi connectivity index (χ3n) is 6.07. The molecule has 1 N–H and O–H groups in total. The molecule has 1 amide bonds. The van der Waals surface area contributed by atoms with Crippen LogP contribution in [0.1, 0.15) is 31.2 Å². The number of carbonyl (C=O) groups excluding carboxylic acids is 1. The van der Waals surface area contributed by atoms with Crippen LogP contribution in [0.15, 0.2) is 53.4 Å². The molecule has 0 aliphatic carbocycles. The monoisotopic (exact) mass is 427 g/mol. The zero-order chi connectivity index (χ0) is 21.1. The molecule has 0 aromatic heterocycles. The van der Waals surface area contributed by atoms with Crippen LogP contribution >= 0.6 is 0 Å². The summed E-state index contributed by atoms with van der Waals surface area (Å²) in [5.41, 5.74) is 3.02. The number of hydrogen-bond donors (Lipinski definition) is 1. The number of nitrogens with zero attached hydrogens (tertiary/aromatic N) is 2. The molecule has 160 valence electrons. The van der Waals surface area contributed by atoms with E-state index < -0.39 is 10.0 Å². The molecule has 0 saturated carbocycles. The number of carbonyl (C=O) groups is 1. The average Bonchev–Trinajstić information content (AvgIpc) is 3.31. The second-order valence-corrected chi connectivity index (χ2v) is 10.1. The number of benzene rings is 2. The Bertz CT molecular complexity index is 1000. The molecule has 2 aliphatic rings. The van der Waals surface area contributed by atoms with E-state index >= 15 is 0 Å². The van der Waals surface area contributed by atoms with Crippen LogP contribution in [0.5, 0.6) is 0 Å². The third kappa shape index (κ3) is 4.37. The lowest BCUT2D eigenvalue weighted by atomic mass is 9.98. The summed E-state index contributed by atoms with van der Waals surface area (Å²) in [5.74, 6) is -0.463. The number of aryl methyl sites for hydroxylation is 1. The molecule has 2 aromatic carbocycles. The molecular weight excluding hydrogens is 398 g/mol. The summed E-state index contributed by atoms with van der Waals surface area (Å²) in [6.07, 6.45) is 3.82. The highest BCUT2D eigenvalue weighted by molar-refractivity contribution is 7.89. The Hall–Kier alpha value is -2.38. The lowest BCUT2D eigenvalue weighted by molar-refractivity contribution is -0.120. The summed E-state index contributed by atoms with van der Waals surface area (Å²) in [7, 11) is -3.58. The molecular formula is C23H29N3O3S. The van der Waals surface area contributed by atoms with Crippen LogP contribution in [0.3, 0.4) is 0 Å². The smallest absolute Gasteiger partial charge is 0.243 e. The van der Waals surface area contributed by atoms with Crippen LogP contribution in [-0.4, -0.2) is 44.8 Å². The van der Waals surface area contributed by atoms with Gasteiger partial charge in [0.2, 0.25) is 15.9 Å². The standard InChI is InChI=1S/C23H29N3O3S/c1-18-16-20(25-13-5-6-14-25)11-12-22(18)24-23(27)19-8-7-15-26(17-19)30(28,29)21-9-3-2-4-10-21/h2-4,9-12,16,19H,5-8,13-15,17H2,1H3,(H,24,27). The van der Waals surface area contributed by atoms with Crippen molar-refractivity contribution in [2.45, 2.75) is 37.5 Å². The number of rotatable bonds is 5. The van der Waals surface area contributed by atoms with Crippen LogP contribution in [-0.2, 0) is 14.8 Å². The molecule has 6 nitrogen and oxygen atoms in total. The van der Waals surface area contributed by atoms with Crippen molar-refractivity contribution in [2.24, 2.45) is 5.92 Å². The van der Waals surface area contributed by atoms with Gasteiger partial charge in [0.05, 0.1) is 10.8 Å². The van der Waals surface area contributed by atoms with E-state index in [2.05, 4.69) is 22.3 Å². The van der Waals surface area contributed by atoms with E-state index in [1.54, 1.807) is 30.3 Å². The van der Waals surface area contributed by atoms with Gasteiger partial charge in [0.25, 0.3) is 0 Å². The number of anilines is 2. The maximum Gasteiger partial charge on any atom is 0.243 e. The highest BCUT2D eigenvalue weighted by Gasteiger charge is 2.33. The summed E-state index contributed by atoms with van der Waals surface area (Å²) < 4.78 is 27.3. The van der Waals surface area contributed by atoms with Crippen LogP contribution in [0, 0.1) is 12.8 Å². The van der Waals surface area contributed by atoms with E-state index in [0.717, 1.165) is 24.3 Å². The van der Waals surface area contributed by atoms with Crippen molar-refractivity contribution in [1.82, 2.24) is 4.31 Å². The van der Waals surface area contributed by atoms with Gasteiger partial charge in [-0.25, -0.2) is 8.42 Å². The molecule has 2 saturated heterocycles. The van der Waals surface area contributed by atoms with Gasteiger partial charge in [-0.2, -0.15) is 4.31 Å². The topological polar surface area (TPSA) is 69.7 Å². The Kier molecular flexibility index (Phi) is 6.11. The van der Waals surface area contributed by atoms with Crippen molar-refractivity contribution >= 4 is 27.3 Å². The Morgan fingerprint density at radius 3 is 2.43 bits per heavy atom. The van der Waals surface area contributed by atoms with Gasteiger partial charge >= 0.3 is 0 Å². The van der Waals surface area contributed by atoms with E-state index in [9.17, 15) is 13.2 Å². The Balaban J connectivity index is 1.43. The Morgan fingerprint density at radius 1 is 1.00 bits per heavy atom. The first-order chi connectivity index (χ1) is 14.4. The largest absolute Gasteiger partial charge is 0.372 e. The van der Waals surface area contributed by atoms with E-state index in [1.165, 1.54) is 22.8 Å². The van der Waals surface area contributed by atoms with Crippen LogP contribution in [0.2, 0.25) is 0 Å². The SMILES string of the molecule is Cc1cc(N2CCCC2)ccc1NC(=O)C1CCCN(S(=O)(=O)c2ccccc2)C1.